The van der Waals surface area contributed by atoms with Crippen LogP contribution in [0.15, 0.2) is 24.3 Å². The smallest absolute Gasteiger partial charge is 0.107 e. The van der Waals surface area contributed by atoms with Crippen molar-refractivity contribution in [3.05, 3.63) is 34.9 Å². The molecule has 11 heavy (non-hydrogen) atoms. The molecule has 0 radical (unpaired) electrons. The van der Waals surface area contributed by atoms with Crippen LogP contribution in [0.3, 0.4) is 0 Å². The van der Waals surface area contributed by atoms with Gasteiger partial charge in [0, 0.05) is 11.4 Å². The van der Waals surface area contributed by atoms with E-state index in [0.29, 0.717) is 11.4 Å². The highest BCUT2D eigenvalue weighted by atomic mass is 35.5. The molecule has 1 rings (SSSR count). The van der Waals surface area contributed by atoms with Gasteiger partial charge in [0.05, 0.1) is 0 Å². The molecule has 0 amide bonds. The van der Waals surface area contributed by atoms with E-state index in [-0.39, 0.29) is 0 Å². The van der Waals surface area contributed by atoms with Crippen LogP contribution in [0.25, 0.3) is 0 Å². The van der Waals surface area contributed by atoms with E-state index < -0.39 is 0 Å². The Balaban J connectivity index is 2.71. The molecule has 1 aromatic carbocycles. The Kier molecular flexibility index (Phi) is 2.83. The molecule has 56 valence electrons. The summed E-state index contributed by atoms with van der Waals surface area (Å²) < 4.78 is 0. The molecule has 0 atom stereocenters. The van der Waals surface area contributed by atoms with E-state index in [1.165, 1.54) is 0 Å². The summed E-state index contributed by atoms with van der Waals surface area (Å²) in [5, 5.41) is 8.91. The zero-order valence-electron chi connectivity index (χ0n) is 5.84. The van der Waals surface area contributed by atoms with Crippen molar-refractivity contribution in [2.75, 3.05) is 0 Å². The lowest BCUT2D eigenvalue weighted by molar-refractivity contribution is 0.516. The summed E-state index contributed by atoms with van der Waals surface area (Å²) in [5.41, 5.74) is 1.05. The van der Waals surface area contributed by atoms with Gasteiger partial charge in [-0.3, -0.25) is 0 Å². The largest absolute Gasteiger partial charge is 0.462 e. The minimum absolute atomic E-state index is 0.563. The van der Waals surface area contributed by atoms with Crippen LogP contribution in [0.2, 0.25) is 5.02 Å². The number of aliphatic hydroxyl groups is 1. The molecular formula is C9H7ClO. The molecule has 1 aromatic rings. The van der Waals surface area contributed by atoms with Crippen molar-refractivity contribution in [3.63, 3.8) is 0 Å². The molecule has 0 aliphatic rings. The van der Waals surface area contributed by atoms with E-state index >= 15 is 0 Å². The average Bonchev–Trinajstić information content (AvgIpc) is 2.04. The molecule has 0 saturated carbocycles. The molecule has 0 heterocycles. The topological polar surface area (TPSA) is 20.2 Å². The first-order valence-corrected chi connectivity index (χ1v) is 3.57. The van der Waals surface area contributed by atoms with Gasteiger partial charge in [-0.15, -0.1) is 0 Å². The Bertz CT molecular complexity index is 279. The van der Waals surface area contributed by atoms with Gasteiger partial charge in [-0.2, -0.15) is 0 Å². The molecule has 0 aliphatic heterocycles. The van der Waals surface area contributed by atoms with Crippen molar-refractivity contribution < 1.29 is 5.11 Å². The van der Waals surface area contributed by atoms with Crippen molar-refractivity contribution >= 4 is 11.6 Å². The first-order valence-electron chi connectivity index (χ1n) is 3.19. The molecule has 0 spiro atoms. The van der Waals surface area contributed by atoms with Gasteiger partial charge in [0.15, 0.2) is 0 Å². The van der Waals surface area contributed by atoms with Crippen LogP contribution in [0.5, 0.6) is 0 Å². The zero-order chi connectivity index (χ0) is 8.10. The summed E-state index contributed by atoms with van der Waals surface area (Å²) in [6.45, 7) is 0. The highest BCUT2D eigenvalue weighted by Gasteiger charge is 1.88. The number of rotatable bonds is 1. The minimum Gasteiger partial charge on any atom is -0.462 e. The molecule has 0 aromatic heterocycles. The van der Waals surface area contributed by atoms with Crippen molar-refractivity contribution in [2.45, 2.75) is 6.42 Å². The highest BCUT2D eigenvalue weighted by molar-refractivity contribution is 6.30. The van der Waals surface area contributed by atoms with E-state index in [1.807, 2.05) is 18.2 Å². The highest BCUT2D eigenvalue weighted by Crippen LogP contribution is 2.09. The standard InChI is InChI=1S/C9H7ClO/c10-9-5-3-8(4-6-9)2-1-7-11/h3-6,11H,2H2. The molecule has 0 unspecified atom stereocenters. The van der Waals surface area contributed by atoms with Gasteiger partial charge in [0.1, 0.15) is 6.11 Å². The summed E-state index contributed by atoms with van der Waals surface area (Å²) in [6.07, 6.45) is 2.41. The fourth-order valence-electron chi connectivity index (χ4n) is 0.744. The predicted molar refractivity (Wildman–Crippen MR) is 44.9 cm³/mol. The monoisotopic (exact) mass is 166 g/mol. The van der Waals surface area contributed by atoms with Crippen molar-refractivity contribution in [1.82, 2.24) is 0 Å². The first-order chi connectivity index (χ1) is 5.33. The second-order valence-electron chi connectivity index (χ2n) is 2.09. The molecule has 0 aliphatic carbocycles. The summed E-state index contributed by atoms with van der Waals surface area (Å²) in [5.74, 6) is 2.55. The number of aliphatic hydroxyl groups excluding tert-OH is 1. The van der Waals surface area contributed by atoms with Gasteiger partial charge in [-0.25, -0.2) is 0 Å². The molecule has 0 fully saturated rings. The van der Waals surface area contributed by atoms with Crippen LogP contribution in [-0.2, 0) is 6.42 Å². The van der Waals surface area contributed by atoms with Crippen molar-refractivity contribution in [1.29, 1.82) is 0 Å². The average molecular weight is 167 g/mol. The van der Waals surface area contributed by atoms with Crippen molar-refractivity contribution in [3.8, 4) is 12.0 Å². The predicted octanol–water partition coefficient (Wildman–Crippen LogP) is 2.22. The molecule has 2 heteroatoms. The van der Waals surface area contributed by atoms with E-state index in [1.54, 1.807) is 12.1 Å². The second kappa shape index (κ2) is 3.90. The van der Waals surface area contributed by atoms with Gasteiger partial charge < -0.3 is 5.11 Å². The third-order valence-corrected chi connectivity index (χ3v) is 1.54. The number of halogens is 1. The quantitative estimate of drug-likeness (QED) is 0.635. The summed E-state index contributed by atoms with van der Waals surface area (Å²) in [4.78, 5) is 0. The van der Waals surface area contributed by atoms with E-state index in [2.05, 4.69) is 5.92 Å². The van der Waals surface area contributed by atoms with Gasteiger partial charge in [-0.05, 0) is 17.7 Å². The zero-order valence-corrected chi connectivity index (χ0v) is 6.60. The Hall–Kier alpha value is -1.13. The van der Waals surface area contributed by atoms with E-state index in [9.17, 15) is 0 Å². The third kappa shape index (κ3) is 2.53. The molecule has 0 saturated heterocycles. The lowest BCUT2D eigenvalue weighted by Crippen LogP contribution is -1.79. The Morgan fingerprint density at radius 2 is 1.91 bits per heavy atom. The normalized spacial score (nSPS) is 8.45. The fourth-order valence-corrected chi connectivity index (χ4v) is 0.870. The van der Waals surface area contributed by atoms with Crippen LogP contribution in [0, 0.1) is 12.0 Å². The van der Waals surface area contributed by atoms with Gasteiger partial charge >= 0.3 is 0 Å². The lowest BCUT2D eigenvalue weighted by atomic mass is 10.2. The van der Waals surface area contributed by atoms with Crippen LogP contribution in [-0.4, -0.2) is 5.11 Å². The lowest BCUT2D eigenvalue weighted by Gasteiger charge is -1.92. The van der Waals surface area contributed by atoms with E-state index in [0.717, 1.165) is 5.56 Å². The second-order valence-corrected chi connectivity index (χ2v) is 2.53. The Labute approximate surface area is 70.6 Å². The van der Waals surface area contributed by atoms with Gasteiger partial charge in [0.2, 0.25) is 0 Å². The maximum absolute atomic E-state index is 8.19. The van der Waals surface area contributed by atoms with Crippen LogP contribution >= 0.6 is 11.6 Å². The Morgan fingerprint density at radius 1 is 1.27 bits per heavy atom. The van der Waals surface area contributed by atoms with E-state index in [4.69, 9.17) is 16.7 Å². The van der Waals surface area contributed by atoms with Crippen molar-refractivity contribution in [2.24, 2.45) is 0 Å². The van der Waals surface area contributed by atoms with Crippen LogP contribution in [0.4, 0.5) is 0 Å². The maximum atomic E-state index is 8.19. The summed E-state index contributed by atoms with van der Waals surface area (Å²) in [6, 6.07) is 7.37. The molecule has 1 nitrogen and oxygen atoms in total. The van der Waals surface area contributed by atoms with Crippen LogP contribution < -0.4 is 0 Å². The molecule has 1 N–H and O–H groups in total. The SMILES string of the molecule is OC#CCc1ccc(Cl)cc1. The van der Waals surface area contributed by atoms with Gasteiger partial charge in [-0.1, -0.05) is 29.7 Å². The number of hydrogen-bond donors (Lipinski definition) is 1. The number of hydrogen-bond acceptors (Lipinski definition) is 1. The minimum atomic E-state index is 0.563. The number of benzene rings is 1. The third-order valence-electron chi connectivity index (χ3n) is 1.28. The van der Waals surface area contributed by atoms with Crippen LogP contribution in [0.1, 0.15) is 5.56 Å². The first kappa shape index (κ1) is 7.97. The fraction of sp³-hybridized carbons (Fsp3) is 0.111. The maximum Gasteiger partial charge on any atom is 0.107 e. The molecular weight excluding hydrogens is 160 g/mol. The Morgan fingerprint density at radius 3 is 2.45 bits per heavy atom. The summed E-state index contributed by atoms with van der Waals surface area (Å²) >= 11 is 5.66. The van der Waals surface area contributed by atoms with Gasteiger partial charge in [0.25, 0.3) is 0 Å². The molecule has 0 bridgehead atoms. The summed E-state index contributed by atoms with van der Waals surface area (Å²) in [7, 11) is 0.